The molecule has 4 aromatic rings. The van der Waals surface area contributed by atoms with Crippen LogP contribution < -0.4 is 5.56 Å². The molecule has 5 nitrogen and oxygen atoms in total. The molecule has 0 amide bonds. The topological polar surface area (TPSA) is 71.6 Å². The number of aromatic nitrogens is 3. The molecule has 0 aliphatic rings. The molecule has 0 aliphatic heterocycles. The first kappa shape index (κ1) is 18.0. The van der Waals surface area contributed by atoms with Crippen molar-refractivity contribution < 1.29 is 0 Å². The van der Waals surface area contributed by atoms with E-state index in [-0.39, 0.29) is 5.56 Å². The van der Waals surface area contributed by atoms with Crippen LogP contribution in [0.2, 0.25) is 0 Å². The minimum atomic E-state index is -0.143. The van der Waals surface area contributed by atoms with Gasteiger partial charge < -0.3 is 0 Å². The molecule has 136 valence electrons. The Labute approximate surface area is 166 Å². The van der Waals surface area contributed by atoms with Gasteiger partial charge in [-0.15, -0.1) is 0 Å². The van der Waals surface area contributed by atoms with Crippen LogP contribution in [-0.4, -0.2) is 14.5 Å². The number of hydrogen-bond donors (Lipinski definition) is 0. The Morgan fingerprint density at radius 1 is 1.11 bits per heavy atom. The van der Waals surface area contributed by atoms with Gasteiger partial charge in [-0.3, -0.25) is 4.79 Å². The third kappa shape index (κ3) is 3.53. The van der Waals surface area contributed by atoms with Crippen LogP contribution in [0.5, 0.6) is 0 Å². The number of pyridine rings is 1. The second kappa shape index (κ2) is 7.67. The fourth-order valence-corrected chi connectivity index (χ4v) is 3.83. The van der Waals surface area contributed by atoms with Gasteiger partial charge in [-0.05, 0) is 48.4 Å². The van der Waals surface area contributed by atoms with Crippen molar-refractivity contribution in [2.45, 2.75) is 17.8 Å². The molecule has 6 heteroatoms. The quantitative estimate of drug-likeness (QED) is 0.388. The van der Waals surface area contributed by atoms with Crippen molar-refractivity contribution in [3.8, 4) is 11.9 Å². The van der Waals surface area contributed by atoms with E-state index in [2.05, 4.69) is 11.1 Å². The summed E-state index contributed by atoms with van der Waals surface area (Å²) in [5.41, 5.74) is 3.14. The van der Waals surface area contributed by atoms with Gasteiger partial charge >= 0.3 is 0 Å². The van der Waals surface area contributed by atoms with E-state index in [9.17, 15) is 4.79 Å². The number of hydrogen-bond acceptors (Lipinski definition) is 5. The number of benzene rings is 2. The Morgan fingerprint density at radius 2 is 1.96 bits per heavy atom. The van der Waals surface area contributed by atoms with Gasteiger partial charge in [-0.25, -0.2) is 14.5 Å². The predicted molar refractivity (Wildman–Crippen MR) is 111 cm³/mol. The highest BCUT2D eigenvalue weighted by molar-refractivity contribution is 7.98. The lowest BCUT2D eigenvalue weighted by atomic mass is 10.2. The summed E-state index contributed by atoms with van der Waals surface area (Å²) in [6.45, 7) is 1.95. The molecule has 0 unspecified atom stereocenters. The number of fused-ring (bicyclic) bond motifs is 1. The smallest absolute Gasteiger partial charge is 0.267 e. The number of para-hydroxylation sites is 1. The van der Waals surface area contributed by atoms with Crippen LogP contribution in [0.15, 0.2) is 76.8 Å². The molecule has 2 heterocycles. The van der Waals surface area contributed by atoms with E-state index in [1.807, 2.05) is 55.5 Å². The van der Waals surface area contributed by atoms with Crippen molar-refractivity contribution >= 4 is 22.7 Å². The standard InChI is InChI=1S/C22H16N4OS/c1-15-9-10-20(24-13-15)26-21(27)18-7-2-3-8-19(18)25-22(26)28-14-17-6-4-5-16(11-17)12-23/h2-11,13H,14H2,1H3. The Kier molecular flexibility index (Phi) is 4.92. The summed E-state index contributed by atoms with van der Waals surface area (Å²) in [4.78, 5) is 22.3. The van der Waals surface area contributed by atoms with Crippen molar-refractivity contribution in [2.75, 3.05) is 0 Å². The predicted octanol–water partition coefficient (Wildman–Crippen LogP) is 4.25. The fourth-order valence-electron chi connectivity index (χ4n) is 2.88. The summed E-state index contributed by atoms with van der Waals surface area (Å²) >= 11 is 1.45. The summed E-state index contributed by atoms with van der Waals surface area (Å²) in [5.74, 6) is 1.13. The van der Waals surface area contributed by atoms with Crippen LogP contribution in [0, 0.1) is 18.3 Å². The fraction of sp³-hybridized carbons (Fsp3) is 0.0909. The van der Waals surface area contributed by atoms with Gasteiger partial charge in [0.15, 0.2) is 5.16 Å². The Hall–Kier alpha value is -3.43. The highest BCUT2D eigenvalue weighted by atomic mass is 32.2. The molecule has 0 atom stereocenters. The molecule has 0 aliphatic carbocycles. The van der Waals surface area contributed by atoms with Crippen LogP contribution in [-0.2, 0) is 5.75 Å². The zero-order valence-electron chi connectivity index (χ0n) is 15.2. The first-order valence-corrected chi connectivity index (χ1v) is 9.71. The molecule has 0 radical (unpaired) electrons. The van der Waals surface area contributed by atoms with E-state index in [1.165, 1.54) is 11.8 Å². The number of nitriles is 1. The van der Waals surface area contributed by atoms with Crippen molar-refractivity contribution in [2.24, 2.45) is 0 Å². The maximum atomic E-state index is 13.2. The van der Waals surface area contributed by atoms with E-state index >= 15 is 0 Å². The Balaban J connectivity index is 1.81. The number of rotatable bonds is 4. The SMILES string of the molecule is Cc1ccc(-n2c(SCc3cccc(C#N)c3)nc3ccccc3c2=O)nc1. The zero-order chi connectivity index (χ0) is 19.5. The van der Waals surface area contributed by atoms with E-state index < -0.39 is 0 Å². The zero-order valence-corrected chi connectivity index (χ0v) is 16.0. The van der Waals surface area contributed by atoms with Crippen molar-refractivity contribution in [1.29, 1.82) is 5.26 Å². The average Bonchev–Trinajstić information content (AvgIpc) is 2.73. The van der Waals surface area contributed by atoms with E-state index in [0.29, 0.717) is 33.2 Å². The highest BCUT2D eigenvalue weighted by Gasteiger charge is 2.14. The average molecular weight is 384 g/mol. The Morgan fingerprint density at radius 3 is 2.75 bits per heavy atom. The largest absolute Gasteiger partial charge is 0.268 e. The lowest BCUT2D eigenvalue weighted by molar-refractivity contribution is 0.794. The molecule has 2 aromatic carbocycles. The summed E-state index contributed by atoms with van der Waals surface area (Å²) in [6, 6.07) is 20.7. The lowest BCUT2D eigenvalue weighted by Gasteiger charge is -2.12. The van der Waals surface area contributed by atoms with Crippen molar-refractivity contribution in [3.63, 3.8) is 0 Å². The second-order valence-electron chi connectivity index (χ2n) is 6.35. The molecular weight excluding hydrogens is 368 g/mol. The molecule has 0 fully saturated rings. The third-order valence-corrected chi connectivity index (χ3v) is 5.30. The van der Waals surface area contributed by atoms with Gasteiger partial charge in [0, 0.05) is 11.9 Å². The van der Waals surface area contributed by atoms with Gasteiger partial charge in [0.05, 0.1) is 22.5 Å². The molecule has 4 rings (SSSR count). The van der Waals surface area contributed by atoms with Gasteiger partial charge in [-0.1, -0.05) is 42.1 Å². The third-order valence-electron chi connectivity index (χ3n) is 4.29. The first-order valence-electron chi connectivity index (χ1n) is 8.72. The second-order valence-corrected chi connectivity index (χ2v) is 7.29. The monoisotopic (exact) mass is 384 g/mol. The lowest BCUT2D eigenvalue weighted by Crippen LogP contribution is -2.22. The molecule has 2 aromatic heterocycles. The van der Waals surface area contributed by atoms with Gasteiger partial charge in [0.25, 0.3) is 5.56 Å². The normalized spacial score (nSPS) is 10.7. The highest BCUT2D eigenvalue weighted by Crippen LogP contribution is 2.24. The molecular formula is C22H16N4OS. The van der Waals surface area contributed by atoms with Crippen LogP contribution >= 0.6 is 11.8 Å². The molecule has 0 N–H and O–H groups in total. The minimum absolute atomic E-state index is 0.143. The summed E-state index contributed by atoms with van der Waals surface area (Å²) in [5, 5.41) is 10.2. The number of nitrogens with zero attached hydrogens (tertiary/aromatic N) is 4. The summed E-state index contributed by atoms with van der Waals surface area (Å²) < 4.78 is 1.56. The van der Waals surface area contributed by atoms with Crippen LogP contribution in [0.3, 0.4) is 0 Å². The maximum absolute atomic E-state index is 13.2. The molecule has 0 bridgehead atoms. The molecule has 0 saturated carbocycles. The Bertz CT molecular complexity index is 1260. The summed E-state index contributed by atoms with van der Waals surface area (Å²) in [6.07, 6.45) is 1.74. The van der Waals surface area contributed by atoms with Crippen LogP contribution in [0.1, 0.15) is 16.7 Å². The van der Waals surface area contributed by atoms with Crippen molar-refractivity contribution in [3.05, 3.63) is 93.9 Å². The van der Waals surface area contributed by atoms with Gasteiger partial charge in [0.1, 0.15) is 5.82 Å². The van der Waals surface area contributed by atoms with Gasteiger partial charge in [-0.2, -0.15) is 5.26 Å². The first-order chi connectivity index (χ1) is 13.7. The molecule has 28 heavy (non-hydrogen) atoms. The summed E-state index contributed by atoms with van der Waals surface area (Å²) in [7, 11) is 0. The van der Waals surface area contributed by atoms with E-state index in [4.69, 9.17) is 10.2 Å². The van der Waals surface area contributed by atoms with E-state index in [0.717, 1.165) is 11.1 Å². The minimum Gasteiger partial charge on any atom is -0.268 e. The van der Waals surface area contributed by atoms with Crippen LogP contribution in [0.25, 0.3) is 16.7 Å². The van der Waals surface area contributed by atoms with Crippen LogP contribution in [0.4, 0.5) is 0 Å². The number of thioether (sulfide) groups is 1. The van der Waals surface area contributed by atoms with E-state index in [1.54, 1.807) is 22.9 Å². The van der Waals surface area contributed by atoms with Crippen molar-refractivity contribution in [1.82, 2.24) is 14.5 Å². The maximum Gasteiger partial charge on any atom is 0.267 e. The number of aryl methyl sites for hydroxylation is 1. The molecule has 0 saturated heterocycles. The van der Waals surface area contributed by atoms with Gasteiger partial charge in [0.2, 0.25) is 0 Å². The molecule has 0 spiro atoms.